The molecular weight excluding hydrogens is 378 g/mol. The molecule has 0 aliphatic carbocycles. The third-order valence-electron chi connectivity index (χ3n) is 4.83. The summed E-state index contributed by atoms with van der Waals surface area (Å²) in [7, 11) is 0. The van der Waals surface area contributed by atoms with Crippen LogP contribution < -0.4 is 5.56 Å². The zero-order chi connectivity index (χ0) is 19.5. The minimum absolute atomic E-state index is 0.0107. The first kappa shape index (κ1) is 18.7. The number of H-pyrrole nitrogens is 1. The second-order valence-electron chi connectivity index (χ2n) is 6.86. The van der Waals surface area contributed by atoms with Gasteiger partial charge in [0.05, 0.1) is 23.6 Å². The van der Waals surface area contributed by atoms with Gasteiger partial charge >= 0.3 is 0 Å². The Kier molecular flexibility index (Phi) is 5.41. The molecule has 2 heterocycles. The van der Waals surface area contributed by atoms with E-state index >= 15 is 0 Å². The Morgan fingerprint density at radius 2 is 2.00 bits per heavy atom. The predicted molar refractivity (Wildman–Crippen MR) is 108 cm³/mol. The Labute approximate surface area is 167 Å². The highest BCUT2D eigenvalue weighted by molar-refractivity contribution is 6.30. The third kappa shape index (κ3) is 4.08. The molecule has 1 fully saturated rings. The average molecular weight is 398 g/mol. The highest BCUT2D eigenvalue weighted by atomic mass is 35.5. The zero-order valence-corrected chi connectivity index (χ0v) is 16.0. The van der Waals surface area contributed by atoms with Crippen molar-refractivity contribution >= 4 is 28.4 Å². The molecule has 144 valence electrons. The van der Waals surface area contributed by atoms with Gasteiger partial charge in [-0.3, -0.25) is 9.59 Å². The van der Waals surface area contributed by atoms with E-state index in [0.717, 1.165) is 12.8 Å². The van der Waals surface area contributed by atoms with Crippen molar-refractivity contribution in [2.24, 2.45) is 0 Å². The topological polar surface area (TPSA) is 75.3 Å². The summed E-state index contributed by atoms with van der Waals surface area (Å²) in [4.78, 5) is 34.5. The van der Waals surface area contributed by atoms with E-state index < -0.39 is 0 Å². The van der Waals surface area contributed by atoms with Gasteiger partial charge in [-0.05, 0) is 49.2 Å². The van der Waals surface area contributed by atoms with Crippen LogP contribution in [0.3, 0.4) is 0 Å². The quantitative estimate of drug-likeness (QED) is 0.716. The number of halogens is 1. The van der Waals surface area contributed by atoms with Gasteiger partial charge in [-0.25, -0.2) is 4.98 Å². The molecule has 28 heavy (non-hydrogen) atoms. The Morgan fingerprint density at radius 3 is 2.75 bits per heavy atom. The molecule has 6 nitrogen and oxygen atoms in total. The average Bonchev–Trinajstić information content (AvgIpc) is 3.21. The van der Waals surface area contributed by atoms with Gasteiger partial charge in [0.15, 0.2) is 0 Å². The maximum atomic E-state index is 13.1. The van der Waals surface area contributed by atoms with Crippen molar-refractivity contribution < 1.29 is 9.53 Å². The lowest BCUT2D eigenvalue weighted by molar-refractivity contribution is 0.0501. The lowest BCUT2D eigenvalue weighted by Gasteiger charge is -2.25. The molecule has 0 unspecified atom stereocenters. The van der Waals surface area contributed by atoms with Crippen molar-refractivity contribution in [3.8, 4) is 0 Å². The number of carbonyl (C=O) groups excluding carboxylic acids is 1. The number of ether oxygens (including phenoxy) is 1. The monoisotopic (exact) mass is 397 g/mol. The molecule has 7 heteroatoms. The summed E-state index contributed by atoms with van der Waals surface area (Å²) in [5.41, 5.74) is 0.930. The first-order valence-corrected chi connectivity index (χ1v) is 9.62. The molecule has 1 amide bonds. The van der Waals surface area contributed by atoms with Crippen molar-refractivity contribution in [2.75, 3.05) is 13.2 Å². The number of nitrogens with zero attached hydrogens (tertiary/aromatic N) is 2. The maximum absolute atomic E-state index is 13.1. The van der Waals surface area contributed by atoms with Crippen LogP contribution in [0.15, 0.2) is 53.3 Å². The third-order valence-corrected chi connectivity index (χ3v) is 5.08. The highest BCUT2D eigenvalue weighted by Crippen LogP contribution is 2.18. The van der Waals surface area contributed by atoms with Crippen molar-refractivity contribution in [2.45, 2.75) is 25.5 Å². The van der Waals surface area contributed by atoms with Crippen LogP contribution >= 0.6 is 11.6 Å². The van der Waals surface area contributed by atoms with Crippen LogP contribution in [0.1, 0.15) is 29.0 Å². The number of benzene rings is 2. The molecule has 3 aromatic rings. The lowest BCUT2D eigenvalue weighted by atomic mass is 10.1. The minimum Gasteiger partial charge on any atom is -0.376 e. The Morgan fingerprint density at radius 1 is 1.21 bits per heavy atom. The van der Waals surface area contributed by atoms with Crippen LogP contribution in [0, 0.1) is 0 Å². The smallest absolute Gasteiger partial charge is 0.258 e. The zero-order valence-electron chi connectivity index (χ0n) is 15.2. The number of carbonyl (C=O) groups is 1. The molecule has 1 N–H and O–H groups in total. The number of fused-ring (bicyclic) bond motifs is 1. The first-order valence-electron chi connectivity index (χ1n) is 9.24. The second-order valence-corrected chi connectivity index (χ2v) is 7.29. The van der Waals surface area contributed by atoms with Crippen LogP contribution in [0.25, 0.3) is 10.9 Å². The summed E-state index contributed by atoms with van der Waals surface area (Å²) in [6.45, 7) is 1.35. The van der Waals surface area contributed by atoms with Crippen LogP contribution in [0.2, 0.25) is 5.02 Å². The molecule has 0 spiro atoms. The van der Waals surface area contributed by atoms with E-state index in [1.54, 1.807) is 47.4 Å². The molecule has 1 atom stereocenters. The van der Waals surface area contributed by atoms with E-state index in [1.807, 2.05) is 6.07 Å². The van der Waals surface area contributed by atoms with Crippen molar-refractivity contribution in [3.05, 3.63) is 75.3 Å². The van der Waals surface area contributed by atoms with Crippen LogP contribution in [0.5, 0.6) is 0 Å². The van der Waals surface area contributed by atoms with Crippen LogP contribution in [0.4, 0.5) is 0 Å². The van der Waals surface area contributed by atoms with Gasteiger partial charge in [0.1, 0.15) is 5.82 Å². The van der Waals surface area contributed by atoms with Crippen molar-refractivity contribution in [1.82, 2.24) is 14.9 Å². The summed E-state index contributed by atoms with van der Waals surface area (Å²) in [5.74, 6) is 0.298. The van der Waals surface area contributed by atoms with Gasteiger partial charge in [-0.2, -0.15) is 0 Å². The van der Waals surface area contributed by atoms with E-state index in [2.05, 4.69) is 9.97 Å². The standard InChI is InChI=1S/C21H20ClN3O3/c22-15-9-7-14(8-10-15)21(27)25(12-16-4-3-11-28-16)13-19-23-18-6-2-1-5-17(18)20(26)24-19/h1-2,5-10,16H,3-4,11-13H2,(H,23,24,26)/t16-/m1/s1. The molecule has 0 saturated carbocycles. The van der Waals surface area contributed by atoms with Crippen molar-refractivity contribution in [3.63, 3.8) is 0 Å². The molecule has 1 aromatic heterocycles. The molecule has 1 aliphatic heterocycles. The maximum Gasteiger partial charge on any atom is 0.258 e. The number of hydrogen-bond donors (Lipinski definition) is 1. The fraction of sp³-hybridized carbons (Fsp3) is 0.286. The van der Waals surface area contributed by atoms with E-state index in [1.165, 1.54) is 0 Å². The summed E-state index contributed by atoms with van der Waals surface area (Å²) in [6, 6.07) is 13.9. The number of hydrogen-bond acceptors (Lipinski definition) is 4. The van der Waals surface area contributed by atoms with Crippen LogP contribution in [-0.4, -0.2) is 40.0 Å². The number of aromatic nitrogens is 2. The number of amides is 1. The van der Waals surface area contributed by atoms with Gasteiger partial charge in [0.25, 0.3) is 11.5 Å². The summed E-state index contributed by atoms with van der Waals surface area (Å²) in [6.07, 6.45) is 1.88. The second kappa shape index (κ2) is 8.12. The fourth-order valence-electron chi connectivity index (χ4n) is 3.42. The van der Waals surface area contributed by atoms with Gasteiger partial charge in [0.2, 0.25) is 0 Å². The highest BCUT2D eigenvalue weighted by Gasteiger charge is 2.24. The Bertz CT molecular complexity index is 1040. The largest absolute Gasteiger partial charge is 0.376 e. The number of para-hydroxylation sites is 1. The Balaban J connectivity index is 1.64. The van der Waals surface area contributed by atoms with E-state index in [0.29, 0.717) is 40.5 Å². The molecule has 1 aliphatic rings. The minimum atomic E-state index is -0.211. The molecule has 4 rings (SSSR count). The fourth-order valence-corrected chi connectivity index (χ4v) is 3.54. The van der Waals surface area contributed by atoms with Gasteiger partial charge in [0, 0.05) is 23.7 Å². The summed E-state index contributed by atoms with van der Waals surface area (Å²) >= 11 is 5.94. The van der Waals surface area contributed by atoms with E-state index in [4.69, 9.17) is 16.3 Å². The summed E-state index contributed by atoms with van der Waals surface area (Å²) in [5, 5.41) is 1.10. The van der Waals surface area contributed by atoms with E-state index in [9.17, 15) is 9.59 Å². The molecular formula is C21H20ClN3O3. The molecule has 0 radical (unpaired) electrons. The number of aromatic amines is 1. The Hall–Kier alpha value is -2.70. The van der Waals surface area contributed by atoms with Gasteiger partial charge in [-0.15, -0.1) is 0 Å². The SMILES string of the molecule is O=C(c1ccc(Cl)cc1)N(Cc1nc2ccccc2c(=O)[nH]1)C[C@H]1CCCO1. The number of rotatable bonds is 5. The number of nitrogens with one attached hydrogen (secondary N) is 1. The summed E-state index contributed by atoms with van der Waals surface area (Å²) < 4.78 is 5.71. The van der Waals surface area contributed by atoms with Gasteiger partial charge in [-0.1, -0.05) is 23.7 Å². The normalized spacial score (nSPS) is 16.4. The van der Waals surface area contributed by atoms with Crippen LogP contribution in [-0.2, 0) is 11.3 Å². The molecule has 1 saturated heterocycles. The molecule has 0 bridgehead atoms. The van der Waals surface area contributed by atoms with E-state index in [-0.39, 0.29) is 24.1 Å². The first-order chi connectivity index (χ1) is 13.6. The van der Waals surface area contributed by atoms with Gasteiger partial charge < -0.3 is 14.6 Å². The van der Waals surface area contributed by atoms with Crippen molar-refractivity contribution in [1.29, 1.82) is 0 Å². The lowest BCUT2D eigenvalue weighted by Crippen LogP contribution is -2.37. The predicted octanol–water partition coefficient (Wildman–Crippen LogP) is 3.40. The molecule has 2 aromatic carbocycles.